The van der Waals surface area contributed by atoms with E-state index in [-0.39, 0.29) is 12.4 Å². The molecule has 0 aromatic rings. The molecule has 0 saturated heterocycles. The highest BCUT2D eigenvalue weighted by molar-refractivity contribution is 6.61. The van der Waals surface area contributed by atoms with E-state index < -0.39 is 5.43 Å². The molecule has 0 unspecified atom stereocenters. The maximum Gasteiger partial charge on any atom is 0.403 e. The van der Waals surface area contributed by atoms with Gasteiger partial charge in [0.2, 0.25) is 0 Å². The van der Waals surface area contributed by atoms with Crippen LogP contribution in [0.4, 0.5) is 4.79 Å². The number of ketones is 1. The predicted molar refractivity (Wildman–Crippen MR) is 37.1 cm³/mol. The molecule has 0 bridgehead atoms. The van der Waals surface area contributed by atoms with E-state index in [1.807, 2.05) is 0 Å². The minimum atomic E-state index is -0.816. The molecule has 0 rings (SSSR count). The lowest BCUT2D eigenvalue weighted by Gasteiger charge is -1.96. The number of hydrogen-bond acceptors (Lipinski definition) is 3. The van der Waals surface area contributed by atoms with Crippen LogP contribution >= 0.6 is 11.6 Å². The highest BCUT2D eigenvalue weighted by Gasteiger charge is 1.96. The maximum atomic E-state index is 10.3. The van der Waals surface area contributed by atoms with Crippen LogP contribution < -0.4 is 0 Å². The summed E-state index contributed by atoms with van der Waals surface area (Å²) in [5.41, 5.74) is -0.816. The monoisotopic (exact) mass is 164 g/mol. The molecule has 10 heavy (non-hydrogen) atoms. The molecule has 4 heteroatoms. The Morgan fingerprint density at radius 1 is 1.50 bits per heavy atom. The van der Waals surface area contributed by atoms with Gasteiger partial charge in [-0.2, -0.15) is 0 Å². The molecule has 3 nitrogen and oxygen atoms in total. The molecule has 58 valence electrons. The van der Waals surface area contributed by atoms with Crippen LogP contribution in [0.15, 0.2) is 0 Å². The molecular formula is C6H9ClO3. The Balaban J connectivity index is 3.06. The summed E-state index contributed by atoms with van der Waals surface area (Å²) in [4.78, 5) is 20.3. The highest BCUT2D eigenvalue weighted by atomic mass is 35.5. The lowest BCUT2D eigenvalue weighted by Crippen LogP contribution is -1.99. The van der Waals surface area contributed by atoms with Crippen molar-refractivity contribution in [3.8, 4) is 0 Å². The summed E-state index contributed by atoms with van der Waals surface area (Å²) in [6.07, 6.45) is 0.984. The number of halogens is 1. The van der Waals surface area contributed by atoms with Crippen LogP contribution in [0.2, 0.25) is 0 Å². The van der Waals surface area contributed by atoms with Crippen molar-refractivity contribution in [2.45, 2.75) is 19.8 Å². The molecule has 0 aliphatic heterocycles. The zero-order valence-electron chi connectivity index (χ0n) is 5.72. The third-order valence-electron chi connectivity index (χ3n) is 0.889. The van der Waals surface area contributed by atoms with Crippen LogP contribution in [0.25, 0.3) is 0 Å². The van der Waals surface area contributed by atoms with Crippen molar-refractivity contribution in [3.05, 3.63) is 0 Å². The lowest BCUT2D eigenvalue weighted by molar-refractivity contribution is -0.117. The van der Waals surface area contributed by atoms with Gasteiger partial charge in [-0.15, -0.1) is 0 Å². The van der Waals surface area contributed by atoms with E-state index in [1.165, 1.54) is 6.92 Å². The summed E-state index contributed by atoms with van der Waals surface area (Å²) in [5, 5.41) is 0. The van der Waals surface area contributed by atoms with Gasteiger partial charge >= 0.3 is 5.43 Å². The zero-order chi connectivity index (χ0) is 7.98. The summed E-state index contributed by atoms with van der Waals surface area (Å²) in [5.74, 6) is 0.0885. The Kier molecular flexibility index (Phi) is 4.94. The number of Topliss-reactive ketones (excluding diaryl/α,β-unsaturated/α-hetero) is 1. The summed E-state index contributed by atoms with van der Waals surface area (Å²) in [6.45, 7) is 1.71. The largest absolute Gasteiger partial charge is 0.454 e. The topological polar surface area (TPSA) is 43.4 Å². The van der Waals surface area contributed by atoms with Crippen molar-refractivity contribution in [3.63, 3.8) is 0 Å². The van der Waals surface area contributed by atoms with Gasteiger partial charge < -0.3 is 9.53 Å². The molecule has 0 aromatic heterocycles. The van der Waals surface area contributed by atoms with Crippen molar-refractivity contribution >= 4 is 22.8 Å². The van der Waals surface area contributed by atoms with Crippen LogP contribution in [0, 0.1) is 0 Å². The second-order valence-corrected chi connectivity index (χ2v) is 2.20. The SMILES string of the molecule is CC(=O)CCCOC(=O)Cl. The fourth-order valence-corrected chi connectivity index (χ4v) is 0.551. The molecule has 0 aliphatic carbocycles. The summed E-state index contributed by atoms with van der Waals surface area (Å²) >= 11 is 4.85. The van der Waals surface area contributed by atoms with Crippen molar-refractivity contribution in [1.29, 1.82) is 0 Å². The number of carbonyl (C=O) groups excluding carboxylic acids is 2. The first-order valence-corrected chi connectivity index (χ1v) is 3.32. The first-order chi connectivity index (χ1) is 4.63. The maximum absolute atomic E-state index is 10.3. The van der Waals surface area contributed by atoms with Crippen LogP contribution in [0.3, 0.4) is 0 Å². The normalized spacial score (nSPS) is 9.00. The molecule has 0 heterocycles. The average molecular weight is 165 g/mol. The van der Waals surface area contributed by atoms with Crippen LogP contribution in [0.5, 0.6) is 0 Å². The average Bonchev–Trinajstić information content (AvgIpc) is 1.79. The molecule has 0 aliphatic rings. The molecular weight excluding hydrogens is 156 g/mol. The number of rotatable bonds is 4. The van der Waals surface area contributed by atoms with Crippen molar-refractivity contribution < 1.29 is 14.3 Å². The third-order valence-corrected chi connectivity index (χ3v) is 0.998. The molecule has 0 saturated carbocycles. The van der Waals surface area contributed by atoms with Gasteiger partial charge in [0, 0.05) is 18.0 Å². The van der Waals surface area contributed by atoms with Gasteiger partial charge in [-0.25, -0.2) is 4.79 Å². The molecule has 0 fully saturated rings. The van der Waals surface area contributed by atoms with Gasteiger partial charge in [0.15, 0.2) is 0 Å². The summed E-state index contributed by atoms with van der Waals surface area (Å²) in [6, 6.07) is 0. The smallest absolute Gasteiger partial charge is 0.403 e. The van der Waals surface area contributed by atoms with Gasteiger partial charge in [-0.05, 0) is 13.3 Å². The van der Waals surface area contributed by atoms with Gasteiger partial charge in [0.1, 0.15) is 5.78 Å². The van der Waals surface area contributed by atoms with Gasteiger partial charge in [0.25, 0.3) is 0 Å². The van der Waals surface area contributed by atoms with E-state index in [1.54, 1.807) is 0 Å². The Morgan fingerprint density at radius 2 is 2.10 bits per heavy atom. The first-order valence-electron chi connectivity index (χ1n) is 2.94. The lowest BCUT2D eigenvalue weighted by atomic mass is 10.2. The Labute approximate surface area is 64.3 Å². The van der Waals surface area contributed by atoms with Crippen LogP contribution in [-0.2, 0) is 9.53 Å². The predicted octanol–water partition coefficient (Wildman–Crippen LogP) is 1.73. The molecule has 0 amide bonds. The third kappa shape index (κ3) is 7.43. The highest BCUT2D eigenvalue weighted by Crippen LogP contribution is 1.93. The van der Waals surface area contributed by atoms with E-state index in [0.717, 1.165) is 0 Å². The van der Waals surface area contributed by atoms with E-state index in [9.17, 15) is 9.59 Å². The molecule has 0 spiro atoms. The van der Waals surface area contributed by atoms with E-state index in [0.29, 0.717) is 12.8 Å². The van der Waals surface area contributed by atoms with Crippen molar-refractivity contribution in [1.82, 2.24) is 0 Å². The standard InChI is InChI=1S/C6H9ClO3/c1-5(8)3-2-4-10-6(7)9/h2-4H2,1H3. The van der Waals surface area contributed by atoms with Crippen molar-refractivity contribution in [2.75, 3.05) is 6.61 Å². The van der Waals surface area contributed by atoms with Crippen molar-refractivity contribution in [2.24, 2.45) is 0 Å². The Bertz CT molecular complexity index is 117. The van der Waals surface area contributed by atoms with E-state index in [2.05, 4.69) is 4.74 Å². The molecule has 0 aromatic carbocycles. The minimum absolute atomic E-state index is 0.0885. The quantitative estimate of drug-likeness (QED) is 0.470. The van der Waals surface area contributed by atoms with E-state index >= 15 is 0 Å². The van der Waals surface area contributed by atoms with Crippen LogP contribution in [0.1, 0.15) is 19.8 Å². The second-order valence-electron chi connectivity index (χ2n) is 1.89. The van der Waals surface area contributed by atoms with E-state index in [4.69, 9.17) is 11.6 Å². The Hall–Kier alpha value is -0.570. The number of hydrogen-bond donors (Lipinski definition) is 0. The molecule has 0 N–H and O–H groups in total. The molecule has 0 radical (unpaired) electrons. The second kappa shape index (κ2) is 5.23. The van der Waals surface area contributed by atoms with Gasteiger partial charge in [-0.3, -0.25) is 0 Å². The summed E-state index contributed by atoms with van der Waals surface area (Å²) < 4.78 is 4.37. The Morgan fingerprint density at radius 3 is 2.50 bits per heavy atom. The minimum Gasteiger partial charge on any atom is -0.454 e. The zero-order valence-corrected chi connectivity index (χ0v) is 6.48. The van der Waals surface area contributed by atoms with Gasteiger partial charge in [-0.1, -0.05) is 0 Å². The fraction of sp³-hybridized carbons (Fsp3) is 0.667. The van der Waals surface area contributed by atoms with Crippen LogP contribution in [-0.4, -0.2) is 17.8 Å². The van der Waals surface area contributed by atoms with Gasteiger partial charge in [0.05, 0.1) is 6.61 Å². The number of ether oxygens (including phenoxy) is 1. The first kappa shape index (κ1) is 9.43. The summed E-state index contributed by atoms with van der Waals surface area (Å²) in [7, 11) is 0. The fourth-order valence-electron chi connectivity index (χ4n) is 0.474. The molecule has 0 atom stereocenters. The number of carbonyl (C=O) groups is 2.